The number of pyridine rings is 1. The number of hydrogen-bond donors (Lipinski definition) is 0. The second-order valence-electron chi connectivity index (χ2n) is 7.55. The molecule has 1 aliphatic heterocycles. The maximum atomic E-state index is 12.7. The van der Waals surface area contributed by atoms with E-state index in [9.17, 15) is 9.59 Å². The van der Waals surface area contributed by atoms with Crippen molar-refractivity contribution in [1.29, 1.82) is 0 Å². The highest BCUT2D eigenvalue weighted by atomic mass is 16.4. The van der Waals surface area contributed by atoms with Crippen molar-refractivity contribution in [2.45, 2.75) is 13.1 Å². The number of piperazine rings is 1. The van der Waals surface area contributed by atoms with Gasteiger partial charge in [0, 0.05) is 38.9 Å². The van der Waals surface area contributed by atoms with Crippen LogP contribution in [0.15, 0.2) is 51.8 Å². The Kier molecular flexibility index (Phi) is 5.35. The molecule has 0 bridgehead atoms. The van der Waals surface area contributed by atoms with Gasteiger partial charge in [0.05, 0.1) is 5.52 Å². The maximum absolute atomic E-state index is 12.7. The van der Waals surface area contributed by atoms with Crippen molar-refractivity contribution < 1.29 is 9.21 Å². The lowest BCUT2D eigenvalue weighted by atomic mass is 10.2. The Bertz CT molecular complexity index is 1050. The number of fused-ring (bicyclic) bond motifs is 1. The Balaban J connectivity index is 1.37. The van der Waals surface area contributed by atoms with Gasteiger partial charge in [0.15, 0.2) is 5.58 Å². The number of anilines is 1. The Hall–Kier alpha value is -3.13. The number of hydrogen-bond acceptors (Lipinski definition) is 6. The van der Waals surface area contributed by atoms with Crippen molar-refractivity contribution in [2.75, 3.05) is 45.2 Å². The van der Waals surface area contributed by atoms with Crippen LogP contribution in [0.2, 0.25) is 0 Å². The summed E-state index contributed by atoms with van der Waals surface area (Å²) in [7, 11) is 4.06. The predicted molar refractivity (Wildman–Crippen MR) is 111 cm³/mol. The molecule has 0 unspecified atom stereocenters. The fraction of sp³-hybridized carbons (Fsp3) is 0.381. The van der Waals surface area contributed by atoms with Crippen molar-refractivity contribution in [3.63, 3.8) is 0 Å². The molecule has 0 radical (unpaired) electrons. The Morgan fingerprint density at radius 1 is 1.10 bits per heavy atom. The summed E-state index contributed by atoms with van der Waals surface area (Å²) in [6, 6.07) is 11.3. The van der Waals surface area contributed by atoms with E-state index >= 15 is 0 Å². The molecule has 0 saturated carbocycles. The predicted octanol–water partition coefficient (Wildman–Crippen LogP) is 1.40. The molecule has 3 aromatic rings. The minimum Gasteiger partial charge on any atom is -0.408 e. The zero-order chi connectivity index (χ0) is 20.4. The molecule has 3 heterocycles. The number of oxazole rings is 1. The second-order valence-corrected chi connectivity index (χ2v) is 7.55. The quantitative estimate of drug-likeness (QED) is 0.650. The van der Waals surface area contributed by atoms with Crippen molar-refractivity contribution in [3.05, 3.63) is 58.7 Å². The Morgan fingerprint density at radius 2 is 1.86 bits per heavy atom. The van der Waals surface area contributed by atoms with E-state index in [0.717, 1.165) is 12.4 Å². The Morgan fingerprint density at radius 3 is 2.55 bits per heavy atom. The van der Waals surface area contributed by atoms with Crippen LogP contribution in [0.4, 0.5) is 5.82 Å². The van der Waals surface area contributed by atoms with Crippen LogP contribution in [0, 0.1) is 0 Å². The molecule has 0 spiro atoms. The molecule has 1 saturated heterocycles. The van der Waals surface area contributed by atoms with Crippen molar-refractivity contribution in [2.24, 2.45) is 0 Å². The molecule has 1 aliphatic rings. The van der Waals surface area contributed by atoms with Gasteiger partial charge < -0.3 is 19.1 Å². The lowest BCUT2D eigenvalue weighted by Gasteiger charge is -2.35. The van der Waals surface area contributed by atoms with Crippen LogP contribution in [0.3, 0.4) is 0 Å². The summed E-state index contributed by atoms with van der Waals surface area (Å²) in [5, 5.41) is 0. The van der Waals surface area contributed by atoms with Gasteiger partial charge in [-0.1, -0.05) is 18.2 Å². The first kappa shape index (κ1) is 19.2. The molecular weight excluding hydrogens is 370 g/mol. The van der Waals surface area contributed by atoms with Crippen LogP contribution in [-0.2, 0) is 17.9 Å². The normalized spacial score (nSPS) is 14.7. The molecule has 8 heteroatoms. The minimum absolute atomic E-state index is 0.00662. The molecule has 0 atom stereocenters. The summed E-state index contributed by atoms with van der Waals surface area (Å²) in [5.41, 5.74) is 2.32. The fourth-order valence-electron chi connectivity index (χ4n) is 3.65. The minimum atomic E-state index is -0.500. The van der Waals surface area contributed by atoms with E-state index in [0.29, 0.717) is 37.3 Å². The molecule has 0 aliphatic carbocycles. The average Bonchev–Trinajstić information content (AvgIpc) is 3.03. The average molecular weight is 395 g/mol. The smallest absolute Gasteiger partial charge is 0.408 e. The topological polar surface area (TPSA) is 74.8 Å². The Labute approximate surface area is 168 Å². The molecule has 29 heavy (non-hydrogen) atoms. The summed E-state index contributed by atoms with van der Waals surface area (Å²) in [5.74, 6) is 0.351. The molecule has 1 fully saturated rings. The number of aromatic nitrogens is 2. The van der Waals surface area contributed by atoms with Crippen LogP contribution in [0.25, 0.3) is 11.1 Å². The van der Waals surface area contributed by atoms with E-state index < -0.39 is 5.76 Å². The largest absolute Gasteiger partial charge is 0.420 e. The number of carbonyl (C=O) groups is 1. The summed E-state index contributed by atoms with van der Waals surface area (Å²) in [6.45, 7) is 3.49. The van der Waals surface area contributed by atoms with Crippen LogP contribution in [0.5, 0.6) is 0 Å². The van der Waals surface area contributed by atoms with Gasteiger partial charge in [-0.2, -0.15) is 0 Å². The zero-order valence-corrected chi connectivity index (χ0v) is 16.7. The molecule has 1 amide bonds. The summed E-state index contributed by atoms with van der Waals surface area (Å²) in [6.07, 6.45) is 1.91. The first-order valence-electron chi connectivity index (χ1n) is 9.72. The van der Waals surface area contributed by atoms with Crippen molar-refractivity contribution in [1.82, 2.24) is 19.4 Å². The van der Waals surface area contributed by atoms with Gasteiger partial charge in [0.1, 0.15) is 12.4 Å². The fourth-order valence-corrected chi connectivity index (χ4v) is 3.65. The van der Waals surface area contributed by atoms with E-state index in [2.05, 4.69) is 20.9 Å². The molecular formula is C21H25N5O3. The third kappa shape index (κ3) is 4.17. The van der Waals surface area contributed by atoms with Crippen LogP contribution in [0.1, 0.15) is 5.56 Å². The van der Waals surface area contributed by atoms with Crippen LogP contribution in [-0.4, -0.2) is 65.5 Å². The van der Waals surface area contributed by atoms with E-state index in [-0.39, 0.29) is 12.5 Å². The zero-order valence-electron chi connectivity index (χ0n) is 16.7. The summed E-state index contributed by atoms with van der Waals surface area (Å²) in [4.78, 5) is 35.5. The van der Waals surface area contributed by atoms with Crippen LogP contribution >= 0.6 is 0 Å². The lowest BCUT2D eigenvalue weighted by Crippen LogP contribution is -2.50. The SMILES string of the molecule is CN(C)Cc1ccc(N2CCN(C(=O)Cn3c(=O)oc4ccccc43)CC2)nc1. The lowest BCUT2D eigenvalue weighted by molar-refractivity contribution is -0.132. The van der Waals surface area contributed by atoms with Gasteiger partial charge in [-0.25, -0.2) is 9.78 Å². The molecule has 4 rings (SSSR count). The standard InChI is InChI=1S/C21H25N5O3/c1-23(2)14-16-7-8-19(22-13-16)24-9-11-25(12-10-24)20(27)15-26-17-5-3-4-6-18(17)29-21(26)28/h3-8,13H,9-12,14-15H2,1-2H3. The third-order valence-electron chi connectivity index (χ3n) is 5.13. The number of benzene rings is 1. The van der Waals surface area contributed by atoms with E-state index in [1.54, 1.807) is 23.1 Å². The molecule has 1 aromatic carbocycles. The highest BCUT2D eigenvalue weighted by molar-refractivity contribution is 5.79. The van der Waals surface area contributed by atoms with Crippen LogP contribution < -0.4 is 10.7 Å². The highest BCUT2D eigenvalue weighted by Gasteiger charge is 2.23. The van der Waals surface area contributed by atoms with E-state index in [4.69, 9.17) is 4.42 Å². The van der Waals surface area contributed by atoms with Gasteiger partial charge in [-0.15, -0.1) is 0 Å². The monoisotopic (exact) mass is 395 g/mol. The maximum Gasteiger partial charge on any atom is 0.420 e. The number of amides is 1. The van der Waals surface area contributed by atoms with E-state index in [1.807, 2.05) is 32.4 Å². The number of rotatable bonds is 5. The van der Waals surface area contributed by atoms with Gasteiger partial charge in [0.25, 0.3) is 0 Å². The summed E-state index contributed by atoms with van der Waals surface area (Å²) >= 11 is 0. The number of nitrogens with zero attached hydrogens (tertiary/aromatic N) is 5. The van der Waals surface area contributed by atoms with Gasteiger partial charge >= 0.3 is 5.76 Å². The summed E-state index contributed by atoms with van der Waals surface area (Å²) < 4.78 is 6.61. The molecule has 152 valence electrons. The molecule has 2 aromatic heterocycles. The highest BCUT2D eigenvalue weighted by Crippen LogP contribution is 2.16. The first-order valence-corrected chi connectivity index (χ1v) is 9.72. The number of carbonyl (C=O) groups excluding carboxylic acids is 1. The van der Waals surface area contributed by atoms with E-state index in [1.165, 1.54) is 10.1 Å². The number of para-hydroxylation sites is 2. The van der Waals surface area contributed by atoms with Gasteiger partial charge in [0.2, 0.25) is 5.91 Å². The van der Waals surface area contributed by atoms with Crippen molar-refractivity contribution in [3.8, 4) is 0 Å². The molecule has 8 nitrogen and oxygen atoms in total. The first-order chi connectivity index (χ1) is 14.0. The third-order valence-corrected chi connectivity index (χ3v) is 5.13. The van der Waals surface area contributed by atoms with Gasteiger partial charge in [-0.3, -0.25) is 9.36 Å². The second kappa shape index (κ2) is 8.08. The molecule has 0 N–H and O–H groups in total. The van der Waals surface area contributed by atoms with Gasteiger partial charge in [-0.05, 0) is 37.9 Å². The van der Waals surface area contributed by atoms with Crippen molar-refractivity contribution >= 4 is 22.8 Å².